The zero-order valence-corrected chi connectivity index (χ0v) is 20.8. The van der Waals surface area contributed by atoms with Gasteiger partial charge in [-0.2, -0.15) is 0 Å². The van der Waals surface area contributed by atoms with Crippen molar-refractivity contribution in [2.45, 2.75) is 45.7 Å². The van der Waals surface area contributed by atoms with Crippen molar-refractivity contribution in [1.82, 2.24) is 4.90 Å². The number of sulfone groups is 1. The summed E-state index contributed by atoms with van der Waals surface area (Å²) in [7, 11) is -3.13. The van der Waals surface area contributed by atoms with E-state index in [1.54, 1.807) is 42.2 Å². The van der Waals surface area contributed by atoms with E-state index < -0.39 is 9.84 Å². The highest BCUT2D eigenvalue weighted by Gasteiger charge is 2.36. The number of hydrogen-bond donors (Lipinski definition) is 0. The molecule has 3 aromatic rings. The van der Waals surface area contributed by atoms with Crippen LogP contribution in [0.5, 0.6) is 17.2 Å². The minimum Gasteiger partial charge on any atom is -0.484 e. The highest BCUT2D eigenvalue weighted by atomic mass is 32.2. The summed E-state index contributed by atoms with van der Waals surface area (Å²) in [5, 5.41) is 0.331. The summed E-state index contributed by atoms with van der Waals surface area (Å²) in [6.07, 6.45) is 1.14. The van der Waals surface area contributed by atoms with Crippen LogP contribution >= 0.6 is 0 Å². The first-order valence-corrected chi connectivity index (χ1v) is 13.5. The third kappa shape index (κ3) is 5.51. The van der Waals surface area contributed by atoms with Crippen LogP contribution in [0.4, 0.5) is 0 Å². The van der Waals surface area contributed by atoms with Gasteiger partial charge < -0.3 is 18.8 Å². The van der Waals surface area contributed by atoms with E-state index >= 15 is 0 Å². The molecule has 1 fully saturated rings. The minimum atomic E-state index is -3.13. The van der Waals surface area contributed by atoms with Gasteiger partial charge in [0.05, 0.1) is 16.9 Å². The van der Waals surface area contributed by atoms with Crippen LogP contribution in [-0.4, -0.2) is 49.4 Å². The molecule has 0 bridgehead atoms. The van der Waals surface area contributed by atoms with Crippen molar-refractivity contribution in [1.29, 1.82) is 0 Å². The molecule has 0 saturated carbocycles. The first-order valence-electron chi connectivity index (χ1n) is 11.6. The Labute approximate surface area is 204 Å². The van der Waals surface area contributed by atoms with E-state index in [9.17, 15) is 18.0 Å². The van der Waals surface area contributed by atoms with Crippen LogP contribution in [0.2, 0.25) is 0 Å². The van der Waals surface area contributed by atoms with Gasteiger partial charge in [-0.05, 0) is 51.0 Å². The molecule has 2 aromatic carbocycles. The lowest BCUT2D eigenvalue weighted by molar-refractivity contribution is -0.137. The topological polar surface area (TPSA) is 103 Å². The van der Waals surface area contributed by atoms with Crippen molar-refractivity contribution in [3.8, 4) is 17.2 Å². The van der Waals surface area contributed by atoms with E-state index in [0.29, 0.717) is 41.1 Å². The number of nitrogens with zero attached hydrogens (tertiary/aromatic N) is 1. The lowest BCUT2D eigenvalue weighted by Crippen LogP contribution is -2.48. The van der Waals surface area contributed by atoms with Crippen LogP contribution < -0.4 is 14.9 Å². The fourth-order valence-electron chi connectivity index (χ4n) is 4.30. The third-order valence-corrected chi connectivity index (χ3v) is 8.02. The van der Waals surface area contributed by atoms with E-state index in [0.717, 1.165) is 0 Å². The highest BCUT2D eigenvalue weighted by molar-refractivity contribution is 7.91. The molecule has 0 N–H and O–H groups in total. The Morgan fingerprint density at radius 1 is 1.17 bits per heavy atom. The molecular weight excluding hydrogens is 470 g/mol. The van der Waals surface area contributed by atoms with Crippen molar-refractivity contribution >= 4 is 26.7 Å². The quantitative estimate of drug-likeness (QED) is 0.460. The lowest BCUT2D eigenvalue weighted by atomic mass is 10.1. The van der Waals surface area contributed by atoms with Gasteiger partial charge in [-0.25, -0.2) is 8.42 Å². The Morgan fingerprint density at radius 2 is 1.91 bits per heavy atom. The summed E-state index contributed by atoms with van der Waals surface area (Å²) in [5.74, 6) is 1.14. The SMILES string of the molecule is CCC(C)N(C(=O)COc1ccc2c(=O)c(Oc3ccccc3)c(C)oc2c1)C1CCS(=O)(=O)C1. The van der Waals surface area contributed by atoms with Gasteiger partial charge in [-0.15, -0.1) is 0 Å². The second-order valence-electron chi connectivity index (χ2n) is 8.79. The first-order chi connectivity index (χ1) is 16.7. The molecule has 2 heterocycles. The number of fused-ring (bicyclic) bond motifs is 1. The number of benzene rings is 2. The summed E-state index contributed by atoms with van der Waals surface area (Å²) >= 11 is 0. The number of para-hydroxylation sites is 1. The molecule has 1 aliphatic rings. The number of ether oxygens (including phenoxy) is 2. The molecule has 4 rings (SSSR count). The number of hydrogen-bond acceptors (Lipinski definition) is 7. The number of amides is 1. The highest BCUT2D eigenvalue weighted by Crippen LogP contribution is 2.27. The normalized spacial score (nSPS) is 17.7. The summed E-state index contributed by atoms with van der Waals surface area (Å²) < 4.78 is 41.2. The standard InChI is InChI=1S/C26H29NO7S/c1-4-17(2)27(19-12-13-35(30,31)16-19)24(28)15-32-21-10-11-22-23(14-21)33-18(3)26(25(22)29)34-20-8-6-5-7-9-20/h5-11,14,17,19H,4,12-13,15-16H2,1-3H3. The number of carbonyl (C=O) groups is 1. The molecule has 9 heteroatoms. The van der Waals surface area contributed by atoms with Crippen LogP contribution in [0.15, 0.2) is 57.7 Å². The number of aryl methyl sites for hydroxylation is 1. The molecule has 8 nitrogen and oxygen atoms in total. The Bertz CT molecular complexity index is 1380. The third-order valence-electron chi connectivity index (χ3n) is 6.27. The van der Waals surface area contributed by atoms with Crippen LogP contribution in [0.1, 0.15) is 32.4 Å². The molecule has 186 valence electrons. The smallest absolute Gasteiger partial charge is 0.261 e. The molecule has 0 radical (unpaired) electrons. The number of carbonyl (C=O) groups excluding carboxylic acids is 1. The van der Waals surface area contributed by atoms with Crippen molar-refractivity contribution in [3.05, 3.63) is 64.5 Å². The van der Waals surface area contributed by atoms with Gasteiger partial charge >= 0.3 is 0 Å². The van der Waals surface area contributed by atoms with Crippen molar-refractivity contribution in [2.75, 3.05) is 18.1 Å². The zero-order chi connectivity index (χ0) is 25.2. The average molecular weight is 500 g/mol. The maximum absolute atomic E-state index is 13.0. The van der Waals surface area contributed by atoms with Gasteiger partial charge in [0.2, 0.25) is 11.2 Å². The fraction of sp³-hybridized carbons (Fsp3) is 0.385. The van der Waals surface area contributed by atoms with Crippen LogP contribution in [-0.2, 0) is 14.6 Å². The predicted molar refractivity (Wildman–Crippen MR) is 133 cm³/mol. The van der Waals surface area contributed by atoms with Crippen molar-refractivity contribution in [2.24, 2.45) is 0 Å². The summed E-state index contributed by atoms with van der Waals surface area (Å²) in [6.45, 7) is 5.27. The predicted octanol–water partition coefficient (Wildman–Crippen LogP) is 4.09. The Kier molecular flexibility index (Phi) is 7.16. The van der Waals surface area contributed by atoms with Gasteiger partial charge in [-0.1, -0.05) is 25.1 Å². The van der Waals surface area contributed by atoms with Gasteiger partial charge in [0.25, 0.3) is 5.91 Å². The molecule has 0 aliphatic carbocycles. The molecule has 2 unspecified atom stereocenters. The van der Waals surface area contributed by atoms with Crippen LogP contribution in [0.3, 0.4) is 0 Å². The fourth-order valence-corrected chi connectivity index (χ4v) is 6.01. The Hall–Kier alpha value is -3.33. The van der Waals surface area contributed by atoms with E-state index in [1.165, 1.54) is 0 Å². The van der Waals surface area contributed by atoms with Crippen molar-refractivity contribution < 1.29 is 27.1 Å². The summed E-state index contributed by atoms with van der Waals surface area (Å²) in [4.78, 5) is 27.7. The van der Waals surface area contributed by atoms with Crippen LogP contribution in [0, 0.1) is 6.92 Å². The van der Waals surface area contributed by atoms with Crippen LogP contribution in [0.25, 0.3) is 11.0 Å². The van der Waals surface area contributed by atoms with Gasteiger partial charge in [0, 0.05) is 18.2 Å². The molecular formula is C26H29NO7S. The summed E-state index contributed by atoms with van der Waals surface area (Å²) in [6, 6.07) is 13.3. The molecule has 0 spiro atoms. The molecule has 35 heavy (non-hydrogen) atoms. The van der Waals surface area contributed by atoms with E-state index in [4.69, 9.17) is 13.9 Å². The maximum Gasteiger partial charge on any atom is 0.261 e. The van der Waals surface area contributed by atoms with Gasteiger partial charge in [0.1, 0.15) is 22.8 Å². The molecule has 1 saturated heterocycles. The van der Waals surface area contributed by atoms with E-state index in [1.807, 2.05) is 32.0 Å². The molecule has 1 aromatic heterocycles. The lowest BCUT2D eigenvalue weighted by Gasteiger charge is -2.33. The Morgan fingerprint density at radius 3 is 2.57 bits per heavy atom. The first kappa shape index (κ1) is 24.8. The molecule has 2 atom stereocenters. The van der Waals surface area contributed by atoms with Gasteiger partial charge in [0.15, 0.2) is 16.4 Å². The largest absolute Gasteiger partial charge is 0.484 e. The van der Waals surface area contributed by atoms with Gasteiger partial charge in [-0.3, -0.25) is 9.59 Å². The molecule has 1 amide bonds. The second-order valence-corrected chi connectivity index (χ2v) is 11.0. The average Bonchev–Trinajstić information content (AvgIpc) is 3.19. The maximum atomic E-state index is 13.0. The second kappa shape index (κ2) is 10.1. The molecule has 1 aliphatic heterocycles. The van der Waals surface area contributed by atoms with E-state index in [2.05, 4.69) is 0 Å². The number of rotatable bonds is 8. The Balaban J connectivity index is 1.52. The van der Waals surface area contributed by atoms with E-state index in [-0.39, 0.29) is 47.3 Å². The summed E-state index contributed by atoms with van der Waals surface area (Å²) in [5.41, 5.74) is 0.0131. The minimum absolute atomic E-state index is 0.0170. The monoisotopic (exact) mass is 499 g/mol. The zero-order valence-electron chi connectivity index (χ0n) is 20.0. The van der Waals surface area contributed by atoms with Crippen molar-refractivity contribution in [3.63, 3.8) is 0 Å².